The summed E-state index contributed by atoms with van der Waals surface area (Å²) in [6, 6.07) is 4.18. The number of aromatic nitrogens is 3. The zero-order valence-electron chi connectivity index (χ0n) is 10.3. The van der Waals surface area contributed by atoms with Crippen molar-refractivity contribution in [1.82, 2.24) is 14.8 Å². The van der Waals surface area contributed by atoms with Gasteiger partial charge in [0.05, 0.1) is 5.56 Å². The van der Waals surface area contributed by atoms with E-state index in [1.54, 1.807) is 6.07 Å². The molecule has 20 heavy (non-hydrogen) atoms. The first-order valence-corrected chi connectivity index (χ1v) is 6.20. The van der Waals surface area contributed by atoms with Gasteiger partial charge in [0, 0.05) is 11.9 Å². The molecule has 0 bridgehead atoms. The van der Waals surface area contributed by atoms with Crippen LogP contribution in [0.5, 0.6) is 0 Å². The molecule has 1 aromatic heterocycles. The average molecular weight is 295 g/mol. The van der Waals surface area contributed by atoms with E-state index in [1.165, 1.54) is 23.9 Å². The Morgan fingerprint density at radius 1 is 1.50 bits per heavy atom. The highest BCUT2D eigenvalue weighted by atomic mass is 32.2. The van der Waals surface area contributed by atoms with Crippen molar-refractivity contribution in [3.05, 3.63) is 50.3 Å². The zero-order chi connectivity index (χ0) is 14.9. The molecule has 0 saturated heterocycles. The van der Waals surface area contributed by atoms with Crippen molar-refractivity contribution >= 4 is 17.6 Å². The Morgan fingerprint density at radius 3 is 2.85 bits per heavy atom. The zero-order valence-corrected chi connectivity index (χ0v) is 11.1. The summed E-state index contributed by atoms with van der Waals surface area (Å²) in [6.45, 7) is 0. The quantitative estimate of drug-likeness (QED) is 0.420. The number of aromatic amines is 1. The normalized spacial score (nSPS) is 10.5. The highest BCUT2D eigenvalue weighted by molar-refractivity contribution is 7.99. The monoisotopic (exact) mass is 295 g/mol. The van der Waals surface area contributed by atoms with Gasteiger partial charge in [-0.15, -0.1) is 0 Å². The highest BCUT2D eigenvalue weighted by Crippen LogP contribution is 2.28. The van der Waals surface area contributed by atoms with Crippen molar-refractivity contribution in [1.29, 1.82) is 5.41 Å². The molecule has 0 atom stereocenters. The molecular weight excluding hydrogens is 285 g/mol. The number of nitrogens with zero attached hydrogens (tertiary/aromatic N) is 2. The van der Waals surface area contributed by atoms with Crippen molar-refractivity contribution in [2.75, 3.05) is 0 Å². The van der Waals surface area contributed by atoms with E-state index < -0.39 is 22.8 Å². The molecule has 9 heteroatoms. The van der Waals surface area contributed by atoms with Crippen LogP contribution in [-0.4, -0.2) is 20.6 Å². The summed E-state index contributed by atoms with van der Waals surface area (Å²) < 4.78 is 14.9. The second kappa shape index (κ2) is 5.29. The first-order chi connectivity index (χ1) is 9.40. The third-order valence-electron chi connectivity index (χ3n) is 2.39. The lowest BCUT2D eigenvalue weighted by Gasteiger charge is -2.10. The number of H-pyrrole nitrogens is 1. The van der Waals surface area contributed by atoms with Crippen LogP contribution in [0.2, 0.25) is 0 Å². The number of nitrogens with two attached hydrogens (primary N) is 1. The molecule has 4 N–H and O–H groups in total. The first kappa shape index (κ1) is 14.0. The first-order valence-electron chi connectivity index (χ1n) is 5.38. The number of amidine groups is 1. The molecule has 0 aliphatic heterocycles. The lowest BCUT2D eigenvalue weighted by molar-refractivity contribution is 0.595. The van der Waals surface area contributed by atoms with E-state index in [0.717, 1.165) is 11.8 Å². The molecule has 0 aliphatic rings. The third kappa shape index (κ3) is 2.62. The van der Waals surface area contributed by atoms with Crippen LogP contribution >= 0.6 is 11.8 Å². The maximum absolute atomic E-state index is 13.7. The van der Waals surface area contributed by atoms with E-state index in [-0.39, 0.29) is 10.7 Å². The Morgan fingerprint density at radius 2 is 2.20 bits per heavy atom. The number of rotatable bonds is 3. The number of nitrogens with one attached hydrogen (secondary N) is 2. The van der Waals surface area contributed by atoms with E-state index in [2.05, 4.69) is 10.1 Å². The van der Waals surface area contributed by atoms with Crippen LogP contribution < -0.4 is 16.9 Å². The van der Waals surface area contributed by atoms with E-state index in [4.69, 9.17) is 11.1 Å². The van der Waals surface area contributed by atoms with Gasteiger partial charge in [-0.25, -0.2) is 4.39 Å². The molecular formula is C11H10FN5O2S. The largest absolute Gasteiger partial charge is 0.384 e. The summed E-state index contributed by atoms with van der Waals surface area (Å²) in [6.07, 6.45) is 0. The van der Waals surface area contributed by atoms with Gasteiger partial charge >= 0.3 is 11.1 Å². The molecule has 2 aromatic rings. The number of aryl methyl sites for hydroxylation is 1. The molecule has 1 aromatic carbocycles. The van der Waals surface area contributed by atoms with Gasteiger partial charge in [0.2, 0.25) is 0 Å². The SMILES string of the molecule is Cn1[nH]c(=O)c(=O)nc1Sc1cccc(F)c1C(=N)N. The molecule has 0 spiro atoms. The van der Waals surface area contributed by atoms with Crippen molar-refractivity contribution in [2.45, 2.75) is 10.1 Å². The van der Waals surface area contributed by atoms with Gasteiger partial charge in [0.15, 0.2) is 5.16 Å². The molecule has 0 fully saturated rings. The van der Waals surface area contributed by atoms with Gasteiger partial charge in [-0.2, -0.15) is 4.98 Å². The van der Waals surface area contributed by atoms with Crippen molar-refractivity contribution < 1.29 is 4.39 Å². The van der Waals surface area contributed by atoms with E-state index >= 15 is 0 Å². The predicted molar refractivity (Wildman–Crippen MR) is 71.6 cm³/mol. The maximum Gasteiger partial charge on any atom is 0.339 e. The number of nitrogen functional groups attached to an aromatic ring is 1. The Labute approximate surface area is 116 Å². The fourth-order valence-electron chi connectivity index (χ4n) is 1.50. The van der Waals surface area contributed by atoms with Crippen molar-refractivity contribution in [2.24, 2.45) is 12.8 Å². The Bertz CT molecular complexity index is 798. The minimum Gasteiger partial charge on any atom is -0.384 e. The molecule has 2 rings (SSSR count). The number of hydrogen-bond donors (Lipinski definition) is 3. The van der Waals surface area contributed by atoms with Gasteiger partial charge in [-0.05, 0) is 23.9 Å². The molecule has 0 unspecified atom stereocenters. The molecule has 0 radical (unpaired) electrons. The Hall–Kier alpha value is -2.42. The highest BCUT2D eigenvalue weighted by Gasteiger charge is 2.14. The van der Waals surface area contributed by atoms with Crippen LogP contribution in [0.4, 0.5) is 4.39 Å². The van der Waals surface area contributed by atoms with Gasteiger partial charge in [0.25, 0.3) is 0 Å². The molecule has 104 valence electrons. The fraction of sp³-hybridized carbons (Fsp3) is 0.0909. The van der Waals surface area contributed by atoms with Crippen molar-refractivity contribution in [3.63, 3.8) is 0 Å². The third-order valence-corrected chi connectivity index (χ3v) is 3.50. The molecule has 1 heterocycles. The molecule has 7 nitrogen and oxygen atoms in total. The molecule has 0 aliphatic carbocycles. The smallest absolute Gasteiger partial charge is 0.339 e. The maximum atomic E-state index is 13.7. The standard InChI is InChI=1S/C11H10FN5O2S/c1-17-11(15-9(18)10(19)16-17)20-6-4-2-3-5(12)7(6)8(13)14/h2-4H,1H3,(H3,13,14)(H,16,19). The topological polar surface area (TPSA) is 118 Å². The number of benzene rings is 1. The Kier molecular flexibility index (Phi) is 3.70. The second-order valence-electron chi connectivity index (χ2n) is 3.83. The van der Waals surface area contributed by atoms with E-state index in [1.807, 2.05) is 0 Å². The summed E-state index contributed by atoms with van der Waals surface area (Å²) >= 11 is 0.927. The summed E-state index contributed by atoms with van der Waals surface area (Å²) in [5, 5.41) is 9.82. The minimum absolute atomic E-state index is 0.0713. The summed E-state index contributed by atoms with van der Waals surface area (Å²) in [7, 11) is 1.49. The number of hydrogen-bond acceptors (Lipinski definition) is 5. The minimum atomic E-state index is -0.939. The fourth-order valence-corrected chi connectivity index (χ4v) is 2.46. The van der Waals surface area contributed by atoms with Crippen LogP contribution in [0.3, 0.4) is 0 Å². The number of halogens is 1. The van der Waals surface area contributed by atoms with E-state index in [0.29, 0.717) is 4.90 Å². The van der Waals surface area contributed by atoms with Crippen molar-refractivity contribution in [3.8, 4) is 0 Å². The average Bonchev–Trinajstić information content (AvgIpc) is 2.35. The molecule has 0 amide bonds. The predicted octanol–water partition coefficient (Wildman–Crippen LogP) is 0.0430. The van der Waals surface area contributed by atoms with Crippen LogP contribution in [0.25, 0.3) is 0 Å². The van der Waals surface area contributed by atoms with Gasteiger partial charge in [-0.1, -0.05) is 6.07 Å². The van der Waals surface area contributed by atoms with Crippen LogP contribution in [0.1, 0.15) is 5.56 Å². The van der Waals surface area contributed by atoms with Gasteiger partial charge < -0.3 is 5.73 Å². The van der Waals surface area contributed by atoms with E-state index in [9.17, 15) is 14.0 Å². The lowest BCUT2D eigenvalue weighted by atomic mass is 10.2. The van der Waals surface area contributed by atoms with Crippen LogP contribution in [0, 0.1) is 11.2 Å². The summed E-state index contributed by atoms with van der Waals surface area (Å²) in [4.78, 5) is 26.3. The Balaban J connectivity index is 2.54. The van der Waals surface area contributed by atoms with Crippen LogP contribution in [0.15, 0.2) is 37.8 Å². The van der Waals surface area contributed by atoms with Crippen LogP contribution in [-0.2, 0) is 7.05 Å². The summed E-state index contributed by atoms with van der Waals surface area (Å²) in [5.41, 5.74) is 3.49. The molecule has 0 saturated carbocycles. The lowest BCUT2D eigenvalue weighted by Crippen LogP contribution is -2.33. The van der Waals surface area contributed by atoms with Gasteiger partial charge in [0.1, 0.15) is 11.7 Å². The van der Waals surface area contributed by atoms with Gasteiger partial charge in [-0.3, -0.25) is 24.8 Å². The second-order valence-corrected chi connectivity index (χ2v) is 4.84. The summed E-state index contributed by atoms with van der Waals surface area (Å²) in [5.74, 6) is -1.07.